The first-order chi connectivity index (χ1) is 9.34. The summed E-state index contributed by atoms with van der Waals surface area (Å²) in [7, 11) is -0.391. The van der Waals surface area contributed by atoms with Gasteiger partial charge < -0.3 is 19.5 Å². The SMILES string of the molecule is CCC1(C)OB(c2ccc3oc(N)nc3c2)OC1(C)C. The number of anilines is 1. The second-order valence-electron chi connectivity index (χ2n) is 5.94. The van der Waals surface area contributed by atoms with Crippen molar-refractivity contribution in [3.8, 4) is 0 Å². The van der Waals surface area contributed by atoms with Crippen LogP contribution < -0.4 is 11.2 Å². The lowest BCUT2D eigenvalue weighted by atomic mass is 9.79. The average molecular weight is 274 g/mol. The van der Waals surface area contributed by atoms with Crippen molar-refractivity contribution in [1.29, 1.82) is 0 Å². The van der Waals surface area contributed by atoms with Gasteiger partial charge in [-0.2, -0.15) is 4.98 Å². The van der Waals surface area contributed by atoms with Gasteiger partial charge in [0.05, 0.1) is 11.2 Å². The number of fused-ring (bicyclic) bond motifs is 1. The van der Waals surface area contributed by atoms with Crippen molar-refractivity contribution < 1.29 is 13.7 Å². The van der Waals surface area contributed by atoms with E-state index in [-0.39, 0.29) is 17.2 Å². The molecular formula is C14H19BN2O3. The van der Waals surface area contributed by atoms with Gasteiger partial charge in [0.1, 0.15) is 5.52 Å². The molecule has 0 amide bonds. The van der Waals surface area contributed by atoms with E-state index >= 15 is 0 Å². The highest BCUT2D eigenvalue weighted by atomic mass is 16.7. The molecule has 1 unspecified atom stereocenters. The molecule has 0 radical (unpaired) electrons. The van der Waals surface area contributed by atoms with E-state index in [1.165, 1.54) is 0 Å². The smallest absolute Gasteiger partial charge is 0.424 e. The Balaban J connectivity index is 1.96. The van der Waals surface area contributed by atoms with Crippen molar-refractivity contribution >= 4 is 29.7 Å². The summed E-state index contributed by atoms with van der Waals surface area (Å²) in [6, 6.07) is 5.84. The highest BCUT2D eigenvalue weighted by molar-refractivity contribution is 6.62. The topological polar surface area (TPSA) is 70.5 Å². The molecule has 0 saturated carbocycles. The fourth-order valence-corrected chi connectivity index (χ4v) is 2.55. The van der Waals surface area contributed by atoms with E-state index in [4.69, 9.17) is 19.5 Å². The third-order valence-corrected chi connectivity index (χ3v) is 4.42. The quantitative estimate of drug-likeness (QED) is 0.849. The highest BCUT2D eigenvalue weighted by Crippen LogP contribution is 2.39. The molecule has 1 fully saturated rings. The van der Waals surface area contributed by atoms with Gasteiger partial charge in [-0.15, -0.1) is 0 Å². The van der Waals surface area contributed by atoms with E-state index in [1.807, 2.05) is 18.2 Å². The van der Waals surface area contributed by atoms with Crippen LogP contribution >= 0.6 is 0 Å². The average Bonchev–Trinajstić information content (AvgIpc) is 2.86. The highest BCUT2D eigenvalue weighted by Gasteiger charge is 2.53. The first-order valence-corrected chi connectivity index (χ1v) is 6.86. The molecule has 106 valence electrons. The predicted octanol–water partition coefficient (Wildman–Crippen LogP) is 2.10. The molecule has 0 aliphatic carbocycles. The van der Waals surface area contributed by atoms with E-state index in [1.54, 1.807) is 0 Å². The van der Waals surface area contributed by atoms with E-state index < -0.39 is 7.12 Å². The van der Waals surface area contributed by atoms with Gasteiger partial charge in [0.15, 0.2) is 5.58 Å². The molecule has 1 aromatic heterocycles. The zero-order chi connectivity index (χ0) is 14.5. The van der Waals surface area contributed by atoms with Crippen molar-refractivity contribution in [2.24, 2.45) is 0 Å². The lowest BCUT2D eigenvalue weighted by Crippen LogP contribution is -2.44. The van der Waals surface area contributed by atoms with Crippen LogP contribution in [0, 0.1) is 0 Å². The molecule has 1 atom stereocenters. The van der Waals surface area contributed by atoms with Crippen LogP contribution in [0.2, 0.25) is 0 Å². The Kier molecular flexibility index (Phi) is 2.85. The van der Waals surface area contributed by atoms with Crippen LogP contribution in [0.4, 0.5) is 6.01 Å². The Hall–Kier alpha value is -1.53. The van der Waals surface area contributed by atoms with Gasteiger partial charge in [0, 0.05) is 0 Å². The Morgan fingerprint density at radius 3 is 2.65 bits per heavy atom. The summed E-state index contributed by atoms with van der Waals surface area (Å²) in [5, 5.41) is 0. The van der Waals surface area contributed by atoms with Crippen molar-refractivity contribution in [1.82, 2.24) is 4.98 Å². The number of nitrogen functional groups attached to an aromatic ring is 1. The Morgan fingerprint density at radius 2 is 2.00 bits per heavy atom. The summed E-state index contributed by atoms with van der Waals surface area (Å²) in [5.74, 6) is 0. The van der Waals surface area contributed by atoms with Crippen LogP contribution in [0.5, 0.6) is 0 Å². The Bertz CT molecular complexity index is 655. The number of nitrogens with two attached hydrogens (primary N) is 1. The van der Waals surface area contributed by atoms with Crippen LogP contribution in [-0.2, 0) is 9.31 Å². The van der Waals surface area contributed by atoms with E-state index in [0.717, 1.165) is 17.4 Å². The lowest BCUT2D eigenvalue weighted by molar-refractivity contribution is -0.0118. The molecule has 20 heavy (non-hydrogen) atoms. The van der Waals surface area contributed by atoms with Gasteiger partial charge in [-0.1, -0.05) is 13.0 Å². The summed E-state index contributed by atoms with van der Waals surface area (Å²) in [6.07, 6.45) is 0.885. The Morgan fingerprint density at radius 1 is 1.25 bits per heavy atom. The maximum atomic E-state index is 6.14. The molecule has 3 rings (SSSR count). The van der Waals surface area contributed by atoms with Crippen LogP contribution in [0.25, 0.3) is 11.1 Å². The maximum Gasteiger partial charge on any atom is 0.494 e. The van der Waals surface area contributed by atoms with Crippen molar-refractivity contribution in [2.75, 3.05) is 5.73 Å². The monoisotopic (exact) mass is 274 g/mol. The fourth-order valence-electron chi connectivity index (χ4n) is 2.55. The van der Waals surface area contributed by atoms with E-state index in [9.17, 15) is 0 Å². The summed E-state index contributed by atoms with van der Waals surface area (Å²) in [5.41, 5.74) is 7.22. The van der Waals surface area contributed by atoms with Gasteiger partial charge in [0.25, 0.3) is 6.01 Å². The molecule has 1 saturated heterocycles. The number of hydrogen-bond donors (Lipinski definition) is 1. The fraction of sp³-hybridized carbons (Fsp3) is 0.500. The van der Waals surface area contributed by atoms with Gasteiger partial charge in [-0.05, 0) is 44.8 Å². The minimum absolute atomic E-state index is 0.170. The second-order valence-corrected chi connectivity index (χ2v) is 5.94. The minimum Gasteiger partial charge on any atom is -0.424 e. The third-order valence-electron chi connectivity index (χ3n) is 4.42. The minimum atomic E-state index is -0.391. The number of rotatable bonds is 2. The number of hydrogen-bond acceptors (Lipinski definition) is 5. The zero-order valence-corrected chi connectivity index (χ0v) is 12.3. The van der Waals surface area contributed by atoms with E-state index in [2.05, 4.69) is 32.7 Å². The maximum absolute atomic E-state index is 6.14. The molecular weight excluding hydrogens is 255 g/mol. The number of oxazole rings is 1. The lowest BCUT2D eigenvalue weighted by Gasteiger charge is -2.35. The van der Waals surface area contributed by atoms with Crippen LogP contribution in [-0.4, -0.2) is 23.3 Å². The first kappa shape index (κ1) is 13.5. The third kappa shape index (κ3) is 1.91. The molecule has 0 bridgehead atoms. The molecule has 0 spiro atoms. The number of benzene rings is 1. The van der Waals surface area contributed by atoms with Crippen LogP contribution in [0.1, 0.15) is 34.1 Å². The zero-order valence-electron chi connectivity index (χ0n) is 12.3. The summed E-state index contributed by atoms with van der Waals surface area (Å²) < 4.78 is 17.5. The first-order valence-electron chi connectivity index (χ1n) is 6.86. The van der Waals surface area contributed by atoms with Crippen molar-refractivity contribution in [3.05, 3.63) is 18.2 Å². The predicted molar refractivity (Wildman–Crippen MR) is 78.8 cm³/mol. The molecule has 2 aromatic rings. The number of aromatic nitrogens is 1. The molecule has 1 aromatic carbocycles. The molecule has 1 aliphatic rings. The standard InChI is InChI=1S/C14H19BN2O3/c1-5-14(4)13(2,3)19-15(20-14)9-6-7-11-10(8-9)17-12(16)18-11/h6-8H,5H2,1-4H3,(H2,16,17). The molecule has 5 nitrogen and oxygen atoms in total. The molecule has 6 heteroatoms. The molecule has 1 aliphatic heterocycles. The Labute approximate surface area is 118 Å². The van der Waals surface area contributed by atoms with Gasteiger partial charge in [0.2, 0.25) is 0 Å². The van der Waals surface area contributed by atoms with Crippen molar-refractivity contribution in [3.63, 3.8) is 0 Å². The van der Waals surface area contributed by atoms with Crippen LogP contribution in [0.15, 0.2) is 22.6 Å². The van der Waals surface area contributed by atoms with Crippen molar-refractivity contribution in [2.45, 2.75) is 45.3 Å². The summed E-state index contributed by atoms with van der Waals surface area (Å²) in [4.78, 5) is 4.14. The molecule has 2 N–H and O–H groups in total. The molecule has 2 heterocycles. The normalized spacial score (nSPS) is 25.5. The number of nitrogens with zero attached hydrogens (tertiary/aromatic N) is 1. The van der Waals surface area contributed by atoms with Gasteiger partial charge >= 0.3 is 7.12 Å². The van der Waals surface area contributed by atoms with Gasteiger partial charge in [-0.3, -0.25) is 0 Å². The largest absolute Gasteiger partial charge is 0.494 e. The summed E-state index contributed by atoms with van der Waals surface area (Å²) >= 11 is 0. The van der Waals surface area contributed by atoms with E-state index in [0.29, 0.717) is 5.58 Å². The summed E-state index contributed by atoms with van der Waals surface area (Å²) in [6.45, 7) is 8.31. The van der Waals surface area contributed by atoms with Crippen LogP contribution in [0.3, 0.4) is 0 Å². The van der Waals surface area contributed by atoms with Gasteiger partial charge in [-0.25, -0.2) is 0 Å². The second kappa shape index (κ2) is 4.23.